The lowest BCUT2D eigenvalue weighted by Crippen LogP contribution is -1.92. The fraction of sp³-hybridized carbons (Fsp3) is 0.0244. The molecule has 0 aliphatic carbocycles. The molecule has 0 N–H and O–H groups in total. The number of hydrogen-bond acceptors (Lipinski definition) is 6. The van der Waals surface area contributed by atoms with E-state index < -0.39 is 0 Å². The molecule has 7 rings (SSSR count). The quantitative estimate of drug-likeness (QED) is 0.139. The van der Waals surface area contributed by atoms with Crippen LogP contribution in [-0.4, -0.2) is 19.9 Å². The highest BCUT2D eigenvalue weighted by Crippen LogP contribution is 2.39. The van der Waals surface area contributed by atoms with E-state index in [1.54, 1.807) is 36.7 Å². The molecule has 3 aromatic carbocycles. The van der Waals surface area contributed by atoms with Gasteiger partial charge in [-0.1, -0.05) is 60.7 Å². The summed E-state index contributed by atoms with van der Waals surface area (Å²) in [4.78, 5) is 18.3. The van der Waals surface area contributed by atoms with E-state index in [9.17, 15) is 10.5 Å². The van der Waals surface area contributed by atoms with E-state index in [1.165, 1.54) is 0 Å². The Morgan fingerprint density at radius 1 is 0.553 bits per heavy atom. The number of nitrogens with zero attached hydrogens (tertiary/aromatic N) is 6. The highest BCUT2D eigenvalue weighted by atomic mass is 14.8. The summed E-state index contributed by atoms with van der Waals surface area (Å²) < 4.78 is 0. The first-order valence-corrected chi connectivity index (χ1v) is 15.1. The Bertz CT molecular complexity index is 2430. The summed E-state index contributed by atoms with van der Waals surface area (Å²) in [6.07, 6.45) is 15.2. The molecule has 6 heteroatoms. The lowest BCUT2D eigenvalue weighted by atomic mass is 9.89. The molecule has 220 valence electrons. The number of hydrogen-bond donors (Lipinski definition) is 0. The predicted molar refractivity (Wildman–Crippen MR) is 188 cm³/mol. The monoisotopic (exact) mass is 602 g/mol. The van der Waals surface area contributed by atoms with Crippen LogP contribution in [0.3, 0.4) is 0 Å². The molecule has 0 saturated carbocycles. The van der Waals surface area contributed by atoms with Crippen LogP contribution in [-0.2, 0) is 0 Å². The third-order valence-electron chi connectivity index (χ3n) is 8.06. The van der Waals surface area contributed by atoms with Gasteiger partial charge in [-0.25, -0.2) is 0 Å². The molecule has 0 amide bonds. The van der Waals surface area contributed by atoms with Gasteiger partial charge in [-0.2, -0.15) is 10.5 Å². The third kappa shape index (κ3) is 5.76. The molecule has 0 atom stereocenters. The minimum atomic E-state index is 0.548. The van der Waals surface area contributed by atoms with E-state index in [0.29, 0.717) is 33.9 Å². The minimum Gasteiger partial charge on any atom is -0.255 e. The molecule has 4 aromatic heterocycles. The first-order chi connectivity index (χ1) is 23.1. The average molecular weight is 603 g/mol. The van der Waals surface area contributed by atoms with E-state index in [2.05, 4.69) is 82.8 Å². The van der Waals surface area contributed by atoms with E-state index >= 15 is 0 Å². The lowest BCUT2D eigenvalue weighted by Gasteiger charge is -2.15. The number of aromatic nitrogens is 4. The maximum Gasteiger partial charge on any atom is 0.0992 e. The fourth-order valence-corrected chi connectivity index (χ4v) is 5.76. The zero-order valence-electron chi connectivity index (χ0n) is 25.5. The molecule has 4 heterocycles. The highest BCUT2D eigenvalue weighted by Gasteiger charge is 2.14. The van der Waals surface area contributed by atoms with Crippen molar-refractivity contribution in [3.8, 4) is 57.2 Å². The van der Waals surface area contributed by atoms with Gasteiger partial charge in [0.25, 0.3) is 0 Å². The van der Waals surface area contributed by atoms with Crippen LogP contribution in [0.4, 0.5) is 0 Å². The molecule has 0 aliphatic rings. The van der Waals surface area contributed by atoms with Gasteiger partial charge in [-0.15, -0.1) is 0 Å². The second-order valence-electron chi connectivity index (χ2n) is 11.0. The molecule has 7 aromatic rings. The third-order valence-corrected chi connectivity index (χ3v) is 8.06. The first-order valence-electron chi connectivity index (χ1n) is 15.1. The van der Waals surface area contributed by atoms with Crippen molar-refractivity contribution >= 4 is 27.6 Å². The van der Waals surface area contributed by atoms with Crippen LogP contribution in [0.1, 0.15) is 23.6 Å². The number of pyridine rings is 4. The summed E-state index contributed by atoms with van der Waals surface area (Å²) in [6.45, 7) is 2.00. The van der Waals surface area contributed by atoms with Gasteiger partial charge in [0.15, 0.2) is 0 Å². The largest absolute Gasteiger partial charge is 0.255 e. The van der Waals surface area contributed by atoms with Crippen LogP contribution in [0.2, 0.25) is 0 Å². The van der Waals surface area contributed by atoms with Crippen LogP contribution in [0.25, 0.3) is 72.7 Å². The first kappa shape index (κ1) is 29.0. The fourth-order valence-electron chi connectivity index (χ4n) is 5.76. The SMILES string of the molecule is C/C=C\C=C/c1cc2cc(-c3ccc(-c4cc(C#N)ccn4)nc3)c3ccccc3c2cc1-c1ccc(-c2cc(C#N)ccn2)nc1. The topological polar surface area (TPSA) is 99.1 Å². The van der Waals surface area contributed by atoms with Gasteiger partial charge >= 0.3 is 0 Å². The van der Waals surface area contributed by atoms with Gasteiger partial charge < -0.3 is 0 Å². The number of rotatable bonds is 6. The van der Waals surface area contributed by atoms with E-state index in [1.807, 2.05) is 49.7 Å². The van der Waals surface area contributed by atoms with Crippen LogP contribution in [0.5, 0.6) is 0 Å². The van der Waals surface area contributed by atoms with Crippen molar-refractivity contribution in [2.45, 2.75) is 6.92 Å². The molecular weight excluding hydrogens is 576 g/mol. The molecule has 0 spiro atoms. The molecule has 0 fully saturated rings. The zero-order chi connectivity index (χ0) is 32.2. The molecule has 0 unspecified atom stereocenters. The summed E-state index contributed by atoms with van der Waals surface area (Å²) >= 11 is 0. The van der Waals surface area contributed by atoms with Crippen molar-refractivity contribution in [3.63, 3.8) is 0 Å². The lowest BCUT2D eigenvalue weighted by molar-refractivity contribution is 1.24. The van der Waals surface area contributed by atoms with Crippen molar-refractivity contribution in [3.05, 3.63) is 151 Å². The summed E-state index contributed by atoms with van der Waals surface area (Å²) in [5.74, 6) is 0. The standard InChI is InChI=1S/C41H26N6/c1-2-3-4-7-29-20-32-21-36(31-11-13-39(47-26-31)41-19-28(24-43)15-17-45-41)33-8-5-6-9-34(33)37(32)22-35(29)30-10-12-38(46-25-30)40-18-27(23-42)14-16-44-40/h2-22,25-26H,1H3/b3-2-,7-4-. The molecule has 0 radical (unpaired) electrons. The van der Waals surface area contributed by atoms with Crippen LogP contribution in [0, 0.1) is 22.7 Å². The van der Waals surface area contributed by atoms with Crippen molar-refractivity contribution in [1.82, 2.24) is 19.9 Å². The number of nitriles is 2. The van der Waals surface area contributed by atoms with E-state index in [4.69, 9.17) is 9.97 Å². The van der Waals surface area contributed by atoms with Crippen LogP contribution < -0.4 is 0 Å². The highest BCUT2D eigenvalue weighted by molar-refractivity contribution is 6.15. The summed E-state index contributed by atoms with van der Waals surface area (Å²) in [6, 6.07) is 34.4. The summed E-state index contributed by atoms with van der Waals surface area (Å²) in [5, 5.41) is 23.1. The van der Waals surface area contributed by atoms with Crippen molar-refractivity contribution in [1.29, 1.82) is 10.5 Å². The number of fused-ring (bicyclic) bond motifs is 3. The van der Waals surface area contributed by atoms with Gasteiger partial charge in [-0.3, -0.25) is 19.9 Å². The minimum absolute atomic E-state index is 0.548. The normalized spacial score (nSPS) is 11.3. The van der Waals surface area contributed by atoms with Crippen molar-refractivity contribution in [2.24, 2.45) is 0 Å². The van der Waals surface area contributed by atoms with Gasteiger partial charge in [0, 0.05) is 35.9 Å². The summed E-state index contributed by atoms with van der Waals surface area (Å²) in [7, 11) is 0. The van der Waals surface area contributed by atoms with Gasteiger partial charge in [0.05, 0.1) is 46.0 Å². The van der Waals surface area contributed by atoms with Crippen LogP contribution >= 0.6 is 0 Å². The zero-order valence-corrected chi connectivity index (χ0v) is 25.5. The molecule has 0 saturated heterocycles. The summed E-state index contributed by atoms with van der Waals surface area (Å²) in [5.41, 5.74) is 9.03. The molecular formula is C41H26N6. The number of benzene rings is 3. The number of allylic oxidation sites excluding steroid dienone is 3. The Morgan fingerprint density at radius 2 is 1.17 bits per heavy atom. The van der Waals surface area contributed by atoms with Crippen molar-refractivity contribution < 1.29 is 0 Å². The molecule has 0 aliphatic heterocycles. The van der Waals surface area contributed by atoms with Gasteiger partial charge in [0.2, 0.25) is 0 Å². The predicted octanol–water partition coefficient (Wildman–Crippen LogP) is 9.57. The maximum absolute atomic E-state index is 9.31. The smallest absolute Gasteiger partial charge is 0.0992 e. The second-order valence-corrected chi connectivity index (χ2v) is 11.0. The van der Waals surface area contributed by atoms with E-state index in [0.717, 1.165) is 49.4 Å². The molecule has 47 heavy (non-hydrogen) atoms. The molecule has 0 bridgehead atoms. The Morgan fingerprint density at radius 3 is 1.74 bits per heavy atom. The average Bonchev–Trinajstić information content (AvgIpc) is 3.14. The van der Waals surface area contributed by atoms with Crippen LogP contribution in [0.15, 0.2) is 134 Å². The maximum atomic E-state index is 9.31. The Labute approximate surface area is 272 Å². The Hall–Kier alpha value is -6.76. The van der Waals surface area contributed by atoms with Gasteiger partial charge in [-0.05, 0) is 99.8 Å². The molecule has 6 nitrogen and oxygen atoms in total. The van der Waals surface area contributed by atoms with Gasteiger partial charge in [0.1, 0.15) is 0 Å². The Kier molecular flexibility index (Phi) is 7.83. The Balaban J connectivity index is 1.35. The van der Waals surface area contributed by atoms with E-state index in [-0.39, 0.29) is 0 Å². The van der Waals surface area contributed by atoms with Crippen molar-refractivity contribution in [2.75, 3.05) is 0 Å². The second kappa shape index (κ2) is 12.7.